The maximum absolute atomic E-state index is 9.20. The van der Waals surface area contributed by atoms with E-state index in [1.165, 1.54) is 30.1 Å². The lowest BCUT2D eigenvalue weighted by Crippen LogP contribution is -2.11. The third-order valence-corrected chi connectivity index (χ3v) is 5.97. The zero-order valence-electron chi connectivity index (χ0n) is 6.98. The minimum Gasteiger partial charge on any atom is -0.382 e. The molecule has 1 N–H and O–H groups in total. The molecule has 12 heavy (non-hydrogen) atoms. The molecule has 74 valence electrons. The molecule has 0 aromatic heterocycles. The van der Waals surface area contributed by atoms with E-state index in [1.54, 1.807) is 0 Å². The van der Waals surface area contributed by atoms with Gasteiger partial charge in [0.15, 0.2) is 0 Å². The van der Waals surface area contributed by atoms with Gasteiger partial charge in [0.1, 0.15) is 4.11 Å². The Bertz CT molecular complexity index is 98.3. The highest BCUT2D eigenvalue weighted by atomic mass is 127. The fourth-order valence-corrected chi connectivity index (χ4v) is 2.26. The van der Waals surface area contributed by atoms with Crippen molar-refractivity contribution in [2.24, 2.45) is 0 Å². The summed E-state index contributed by atoms with van der Waals surface area (Å²) in [4.78, 5) is 0. The molecule has 0 spiro atoms. The molecule has 0 aliphatic rings. The van der Waals surface area contributed by atoms with Crippen LogP contribution in [0.15, 0.2) is 0 Å². The molecular formula is C8H15I3O. The molecule has 2 atom stereocenters. The Morgan fingerprint density at radius 1 is 1.00 bits per heavy atom. The molecule has 0 radical (unpaired) electrons. The lowest BCUT2D eigenvalue weighted by Gasteiger charge is -2.10. The number of halogens is 3. The van der Waals surface area contributed by atoms with E-state index in [4.69, 9.17) is 0 Å². The van der Waals surface area contributed by atoms with E-state index in [2.05, 4.69) is 67.8 Å². The quantitative estimate of drug-likeness (QED) is 0.314. The first-order valence-corrected chi connectivity index (χ1v) is 8.22. The maximum Gasteiger partial charge on any atom is 0.117 e. The number of rotatable bonds is 7. The molecule has 4 heteroatoms. The summed E-state index contributed by atoms with van der Waals surface area (Å²) >= 11 is 6.84. The van der Waals surface area contributed by atoms with Crippen LogP contribution < -0.4 is 0 Å². The van der Waals surface area contributed by atoms with Gasteiger partial charge in [0, 0.05) is 3.92 Å². The second-order valence-electron chi connectivity index (χ2n) is 2.78. The molecule has 0 heterocycles. The van der Waals surface area contributed by atoms with Crippen LogP contribution in [0.2, 0.25) is 0 Å². The van der Waals surface area contributed by atoms with E-state index < -0.39 is 0 Å². The van der Waals surface area contributed by atoms with Crippen LogP contribution in [-0.2, 0) is 0 Å². The van der Waals surface area contributed by atoms with Crippen LogP contribution in [-0.4, -0.2) is 17.6 Å². The standard InChI is InChI=1S/C8H15I3O/c9-6-4-2-1-3-5-7(10)8(11)12/h7-8,12H,1-6H2. The van der Waals surface area contributed by atoms with Crippen molar-refractivity contribution in [1.82, 2.24) is 0 Å². The summed E-state index contributed by atoms with van der Waals surface area (Å²) in [6, 6.07) is 0. The molecule has 0 saturated carbocycles. The van der Waals surface area contributed by atoms with Crippen LogP contribution in [0.1, 0.15) is 32.1 Å². The summed E-state index contributed by atoms with van der Waals surface area (Å²) in [6.45, 7) is 0. The zero-order chi connectivity index (χ0) is 9.40. The first-order chi connectivity index (χ1) is 5.68. The Balaban J connectivity index is 3.08. The van der Waals surface area contributed by atoms with Gasteiger partial charge in [-0.25, -0.2) is 0 Å². The second kappa shape index (κ2) is 9.70. The van der Waals surface area contributed by atoms with Gasteiger partial charge >= 0.3 is 0 Å². The Kier molecular flexibility index (Phi) is 11.4. The van der Waals surface area contributed by atoms with E-state index in [1.807, 2.05) is 0 Å². The number of alkyl halides is 3. The van der Waals surface area contributed by atoms with Crippen molar-refractivity contribution in [1.29, 1.82) is 0 Å². The van der Waals surface area contributed by atoms with Gasteiger partial charge in [-0.05, 0) is 17.3 Å². The van der Waals surface area contributed by atoms with E-state index in [0.29, 0.717) is 3.92 Å². The Labute approximate surface area is 116 Å². The van der Waals surface area contributed by atoms with Crippen LogP contribution in [0.3, 0.4) is 0 Å². The first-order valence-electron chi connectivity index (χ1n) is 4.20. The van der Waals surface area contributed by atoms with Crippen molar-refractivity contribution in [2.45, 2.75) is 40.1 Å². The second-order valence-corrected chi connectivity index (χ2v) is 6.74. The molecule has 0 aromatic rings. The SMILES string of the molecule is OC(I)C(I)CCCCCCI. The first kappa shape index (κ1) is 14.2. The molecule has 0 aromatic carbocycles. The number of aliphatic hydroxyl groups is 1. The number of hydrogen-bond acceptors (Lipinski definition) is 1. The minimum atomic E-state index is -0.173. The van der Waals surface area contributed by atoms with Crippen molar-refractivity contribution < 1.29 is 5.11 Å². The van der Waals surface area contributed by atoms with Crippen LogP contribution in [0, 0.1) is 0 Å². The summed E-state index contributed by atoms with van der Waals surface area (Å²) in [5.74, 6) is 0. The van der Waals surface area contributed by atoms with Crippen molar-refractivity contribution in [3.63, 3.8) is 0 Å². The predicted octanol–water partition coefficient (Wildman–Crippen LogP) is 3.93. The van der Waals surface area contributed by atoms with Gasteiger partial charge in [-0.2, -0.15) is 0 Å². The van der Waals surface area contributed by atoms with Gasteiger partial charge in [0.05, 0.1) is 0 Å². The Hall–Kier alpha value is 2.15. The lowest BCUT2D eigenvalue weighted by molar-refractivity contribution is 0.274. The third-order valence-electron chi connectivity index (χ3n) is 1.66. The van der Waals surface area contributed by atoms with Crippen LogP contribution in [0.5, 0.6) is 0 Å². The highest BCUT2D eigenvalue weighted by molar-refractivity contribution is 14.1. The molecule has 0 rings (SSSR count). The number of unbranched alkanes of at least 4 members (excludes halogenated alkanes) is 3. The predicted molar refractivity (Wildman–Crippen MR) is 79.8 cm³/mol. The van der Waals surface area contributed by atoms with Crippen molar-refractivity contribution in [3.8, 4) is 0 Å². The molecule has 1 nitrogen and oxygen atoms in total. The minimum absolute atomic E-state index is 0.173. The topological polar surface area (TPSA) is 20.2 Å². The van der Waals surface area contributed by atoms with Gasteiger partial charge in [-0.3, -0.25) is 0 Å². The molecule has 0 fully saturated rings. The summed E-state index contributed by atoms with van der Waals surface area (Å²) in [6.07, 6.45) is 6.45. The zero-order valence-corrected chi connectivity index (χ0v) is 13.5. The smallest absolute Gasteiger partial charge is 0.117 e. The number of hydrogen-bond donors (Lipinski definition) is 1. The molecule has 0 bridgehead atoms. The van der Waals surface area contributed by atoms with E-state index in [9.17, 15) is 5.11 Å². The van der Waals surface area contributed by atoms with Crippen LogP contribution >= 0.6 is 67.8 Å². The van der Waals surface area contributed by atoms with Crippen molar-refractivity contribution >= 4 is 67.8 Å². The molecule has 0 amide bonds. The average molecular weight is 508 g/mol. The highest BCUT2D eigenvalue weighted by Gasteiger charge is 2.10. The van der Waals surface area contributed by atoms with Crippen molar-refractivity contribution in [3.05, 3.63) is 0 Å². The summed E-state index contributed by atoms with van der Waals surface area (Å²) < 4.78 is 1.54. The molecule has 0 aliphatic heterocycles. The fourth-order valence-electron chi connectivity index (χ4n) is 0.925. The molecular weight excluding hydrogens is 493 g/mol. The fraction of sp³-hybridized carbons (Fsp3) is 1.00. The van der Waals surface area contributed by atoms with Crippen molar-refractivity contribution in [2.75, 3.05) is 4.43 Å². The monoisotopic (exact) mass is 508 g/mol. The van der Waals surface area contributed by atoms with E-state index in [-0.39, 0.29) is 4.11 Å². The maximum atomic E-state index is 9.20. The average Bonchev–Trinajstić information content (AvgIpc) is 2.03. The van der Waals surface area contributed by atoms with Gasteiger partial charge in [-0.15, -0.1) is 0 Å². The van der Waals surface area contributed by atoms with Gasteiger partial charge in [-0.1, -0.05) is 87.0 Å². The molecule has 0 saturated heterocycles. The number of aliphatic hydroxyl groups excluding tert-OH is 1. The summed E-state index contributed by atoms with van der Waals surface area (Å²) in [5, 5.41) is 9.20. The van der Waals surface area contributed by atoms with Gasteiger partial charge < -0.3 is 5.11 Å². The third kappa shape index (κ3) is 8.74. The van der Waals surface area contributed by atoms with Gasteiger partial charge in [0.2, 0.25) is 0 Å². The Morgan fingerprint density at radius 3 is 2.08 bits per heavy atom. The summed E-state index contributed by atoms with van der Waals surface area (Å²) in [7, 11) is 0. The molecule has 0 aliphatic carbocycles. The normalized spacial score (nSPS) is 16.0. The Morgan fingerprint density at radius 2 is 1.58 bits per heavy atom. The van der Waals surface area contributed by atoms with Crippen LogP contribution in [0.4, 0.5) is 0 Å². The lowest BCUT2D eigenvalue weighted by atomic mass is 10.1. The van der Waals surface area contributed by atoms with E-state index in [0.717, 1.165) is 6.42 Å². The highest BCUT2D eigenvalue weighted by Crippen LogP contribution is 2.19. The molecule has 2 unspecified atom stereocenters. The van der Waals surface area contributed by atoms with Crippen LogP contribution in [0.25, 0.3) is 0 Å². The summed E-state index contributed by atoms with van der Waals surface area (Å²) in [5.41, 5.74) is 0. The largest absolute Gasteiger partial charge is 0.382 e. The van der Waals surface area contributed by atoms with Gasteiger partial charge in [0.25, 0.3) is 0 Å². The van der Waals surface area contributed by atoms with E-state index >= 15 is 0 Å².